The average molecular weight is 608 g/mol. The second-order valence-electron chi connectivity index (χ2n) is 14.2. The van der Waals surface area contributed by atoms with Crippen LogP contribution >= 0.6 is 0 Å². The molecule has 1 aromatic carbocycles. The van der Waals surface area contributed by atoms with Crippen molar-refractivity contribution in [3.8, 4) is 5.75 Å². The summed E-state index contributed by atoms with van der Waals surface area (Å²) in [5.74, 6) is 3.47. The molecule has 5 heteroatoms. The van der Waals surface area contributed by atoms with E-state index in [1.807, 2.05) is 45.0 Å². The molecule has 1 heterocycles. The fourth-order valence-corrected chi connectivity index (χ4v) is 7.02. The predicted octanol–water partition coefficient (Wildman–Crippen LogP) is 9.76. The van der Waals surface area contributed by atoms with Crippen molar-refractivity contribution in [2.24, 2.45) is 11.8 Å². The van der Waals surface area contributed by atoms with Crippen LogP contribution in [0.5, 0.6) is 5.75 Å². The molecule has 1 N–H and O–H groups in total. The maximum Gasteiger partial charge on any atom is 0.251 e. The number of ether oxygens (including phenoxy) is 1. The van der Waals surface area contributed by atoms with E-state index in [2.05, 4.69) is 48.1 Å². The van der Waals surface area contributed by atoms with Crippen molar-refractivity contribution in [1.29, 1.82) is 0 Å². The van der Waals surface area contributed by atoms with E-state index in [0.717, 1.165) is 61.9 Å². The Morgan fingerprint density at radius 2 is 1.58 bits per heavy atom. The number of carbonyl (C=O) groups excluding carboxylic acids is 1. The third-order valence-electron chi connectivity index (χ3n) is 9.47. The van der Waals surface area contributed by atoms with Crippen LogP contribution in [0.2, 0.25) is 0 Å². The topological polar surface area (TPSA) is 64.1 Å². The summed E-state index contributed by atoms with van der Waals surface area (Å²) in [4.78, 5) is 22.2. The second kappa shape index (κ2) is 16.2. The molecule has 0 bridgehead atoms. The molecule has 2 aromatic rings. The van der Waals surface area contributed by atoms with E-state index in [9.17, 15) is 4.79 Å². The monoisotopic (exact) mass is 607 g/mol. The molecule has 5 nitrogen and oxygen atoms in total. The zero-order chi connectivity index (χ0) is 31.5. The van der Waals surface area contributed by atoms with Crippen LogP contribution in [0.25, 0.3) is 5.57 Å². The van der Waals surface area contributed by atoms with Crippen LogP contribution in [0.15, 0.2) is 78.2 Å². The molecule has 0 radical (unpaired) electrons. The number of hydrogen-bond donors (Lipinski definition) is 1. The molecule has 45 heavy (non-hydrogen) atoms. The molecule has 1 amide bonds. The number of benzene rings is 1. The summed E-state index contributed by atoms with van der Waals surface area (Å²) < 4.78 is 5.86. The van der Waals surface area contributed by atoms with Crippen molar-refractivity contribution in [1.82, 2.24) is 15.3 Å². The van der Waals surface area contributed by atoms with Gasteiger partial charge in [0, 0.05) is 36.5 Å². The third kappa shape index (κ3) is 10.5. The maximum atomic E-state index is 12.6. The quantitative estimate of drug-likeness (QED) is 0.216. The van der Waals surface area contributed by atoms with Gasteiger partial charge in [-0.05, 0) is 114 Å². The Morgan fingerprint density at radius 1 is 0.889 bits per heavy atom. The van der Waals surface area contributed by atoms with Crippen LogP contribution in [0.1, 0.15) is 126 Å². The molecule has 3 aliphatic carbocycles. The van der Waals surface area contributed by atoms with Gasteiger partial charge in [0.2, 0.25) is 0 Å². The molecule has 1 unspecified atom stereocenters. The van der Waals surface area contributed by atoms with Gasteiger partial charge in [0.05, 0.1) is 0 Å². The number of hydrogen-bond acceptors (Lipinski definition) is 4. The number of nitrogens with zero attached hydrogens (tertiary/aromatic N) is 2. The van der Waals surface area contributed by atoms with E-state index in [1.54, 1.807) is 0 Å². The van der Waals surface area contributed by atoms with E-state index >= 15 is 0 Å². The summed E-state index contributed by atoms with van der Waals surface area (Å²) in [5, 5.41) is 3.06. The van der Waals surface area contributed by atoms with Crippen LogP contribution in [-0.4, -0.2) is 28.0 Å². The van der Waals surface area contributed by atoms with E-state index in [4.69, 9.17) is 14.7 Å². The molecule has 3 aliphatic rings. The molecular weight excluding hydrogens is 554 g/mol. The van der Waals surface area contributed by atoms with Crippen LogP contribution in [0.4, 0.5) is 0 Å². The minimum absolute atomic E-state index is 0.0453. The molecule has 0 saturated heterocycles. The number of nitrogens with one attached hydrogen (secondary N) is 1. The first-order valence-electron chi connectivity index (χ1n) is 17.4. The summed E-state index contributed by atoms with van der Waals surface area (Å²) in [6.07, 6.45) is 32.4. The van der Waals surface area contributed by atoms with Gasteiger partial charge >= 0.3 is 0 Å². The summed E-state index contributed by atoms with van der Waals surface area (Å²) in [5.41, 5.74) is 5.75. The Bertz CT molecular complexity index is 1370. The molecule has 1 fully saturated rings. The highest BCUT2D eigenvalue weighted by Gasteiger charge is 2.25. The van der Waals surface area contributed by atoms with Gasteiger partial charge in [-0.2, -0.15) is 0 Å². The molecule has 1 aromatic heterocycles. The zero-order valence-corrected chi connectivity index (χ0v) is 27.8. The fraction of sp³-hybridized carbons (Fsp3) is 0.525. The van der Waals surface area contributed by atoms with Gasteiger partial charge in [0.25, 0.3) is 5.91 Å². The normalized spacial score (nSPS) is 22.8. The lowest BCUT2D eigenvalue weighted by atomic mass is 9.76. The summed E-state index contributed by atoms with van der Waals surface area (Å²) in [6.45, 7) is 6.69. The molecule has 0 spiro atoms. The molecule has 240 valence electrons. The molecular formula is C40H53N3O2. The largest absolute Gasteiger partial charge is 0.488 e. The minimum Gasteiger partial charge on any atom is -0.488 e. The molecule has 1 atom stereocenters. The Kier molecular flexibility index (Phi) is 11.8. The van der Waals surface area contributed by atoms with Crippen LogP contribution in [-0.2, 0) is 6.42 Å². The SMILES string of the molecule is CC(C)(C)Oc1ccc(C(=O)NCCC/C2=C/C=C(/Cc3ncc(C4=CCCC(C5CCCCC5)CC4)cn3)C/C=C\C2)cc1. The number of allylic oxidation sites excluding steroid dienone is 8. The van der Waals surface area contributed by atoms with Crippen LogP contribution in [0, 0.1) is 11.8 Å². The predicted molar refractivity (Wildman–Crippen MR) is 185 cm³/mol. The van der Waals surface area contributed by atoms with Gasteiger partial charge in [0.15, 0.2) is 0 Å². The maximum absolute atomic E-state index is 12.6. The Balaban J connectivity index is 1.07. The van der Waals surface area contributed by atoms with Crippen molar-refractivity contribution in [3.63, 3.8) is 0 Å². The molecule has 1 saturated carbocycles. The van der Waals surface area contributed by atoms with Gasteiger partial charge < -0.3 is 10.1 Å². The first-order valence-corrected chi connectivity index (χ1v) is 17.4. The van der Waals surface area contributed by atoms with Crippen molar-refractivity contribution in [2.75, 3.05) is 6.54 Å². The minimum atomic E-state index is -0.260. The lowest BCUT2D eigenvalue weighted by Crippen LogP contribution is -2.25. The lowest BCUT2D eigenvalue weighted by Gasteiger charge is -2.29. The van der Waals surface area contributed by atoms with Gasteiger partial charge in [-0.25, -0.2) is 9.97 Å². The first-order chi connectivity index (χ1) is 21.8. The highest BCUT2D eigenvalue weighted by molar-refractivity contribution is 5.94. The van der Waals surface area contributed by atoms with E-state index in [1.165, 1.54) is 73.6 Å². The van der Waals surface area contributed by atoms with E-state index in [0.29, 0.717) is 12.1 Å². The number of carbonyl (C=O) groups is 1. The second-order valence-corrected chi connectivity index (χ2v) is 14.2. The van der Waals surface area contributed by atoms with Crippen molar-refractivity contribution in [3.05, 3.63) is 95.1 Å². The highest BCUT2D eigenvalue weighted by Crippen LogP contribution is 2.39. The number of rotatable bonds is 10. The van der Waals surface area contributed by atoms with Gasteiger partial charge in [-0.1, -0.05) is 73.6 Å². The van der Waals surface area contributed by atoms with Gasteiger partial charge in [-0.15, -0.1) is 0 Å². The van der Waals surface area contributed by atoms with Crippen LogP contribution in [0.3, 0.4) is 0 Å². The first kappa shape index (κ1) is 32.9. The number of aromatic nitrogens is 2. The standard InChI is InChI=1S/C40H53N3O2/c1-40(2,3)45-37-24-22-35(23-25-37)39(44)41-26-10-13-30-11-7-8-12-31(19-18-30)27-38-42-28-36(29-43-38)34-17-9-16-33(20-21-34)32-14-5-4-6-15-32/h7-8,17-19,22-25,28-29,32-33H,4-6,9-16,20-21,26-27H2,1-3H3,(H,41,44)/b8-7-,30-18+,31-19+. The van der Waals surface area contributed by atoms with E-state index < -0.39 is 0 Å². The number of amides is 1. The summed E-state index contributed by atoms with van der Waals surface area (Å²) >= 11 is 0. The smallest absolute Gasteiger partial charge is 0.251 e. The highest BCUT2D eigenvalue weighted by atomic mass is 16.5. The van der Waals surface area contributed by atoms with Crippen molar-refractivity contribution in [2.45, 2.75) is 116 Å². The van der Waals surface area contributed by atoms with Gasteiger partial charge in [-0.3, -0.25) is 4.79 Å². The zero-order valence-electron chi connectivity index (χ0n) is 27.8. The lowest BCUT2D eigenvalue weighted by molar-refractivity contribution is 0.0953. The Morgan fingerprint density at radius 3 is 2.31 bits per heavy atom. The Labute approximate surface area is 271 Å². The van der Waals surface area contributed by atoms with Crippen LogP contribution < -0.4 is 10.1 Å². The van der Waals surface area contributed by atoms with E-state index in [-0.39, 0.29) is 11.5 Å². The van der Waals surface area contributed by atoms with Gasteiger partial charge in [0.1, 0.15) is 17.2 Å². The molecule has 0 aliphatic heterocycles. The summed E-state index contributed by atoms with van der Waals surface area (Å²) in [6, 6.07) is 7.36. The average Bonchev–Trinajstić information content (AvgIpc) is 3.29. The Hall–Kier alpha value is -3.47. The third-order valence-corrected chi connectivity index (χ3v) is 9.47. The van der Waals surface area contributed by atoms with Crippen molar-refractivity contribution >= 4 is 11.5 Å². The summed E-state index contributed by atoms with van der Waals surface area (Å²) in [7, 11) is 0. The molecule has 5 rings (SSSR count). The fourth-order valence-electron chi connectivity index (χ4n) is 7.02. The van der Waals surface area contributed by atoms with Crippen molar-refractivity contribution < 1.29 is 9.53 Å².